The molecule has 2 aromatic heterocycles. The Bertz CT molecular complexity index is 1250. The first-order valence-electron chi connectivity index (χ1n) is 10.3. The number of hydrogen-bond donors (Lipinski definition) is 0. The number of carbonyl (C=O) groups is 1. The molecule has 0 N–H and O–H groups in total. The molecule has 1 amide bonds. The number of hydrogen-bond acceptors (Lipinski definition) is 3. The number of pyridine rings is 1. The molecule has 31 heavy (non-hydrogen) atoms. The van der Waals surface area contributed by atoms with Gasteiger partial charge in [-0.3, -0.25) is 9.48 Å². The van der Waals surface area contributed by atoms with Gasteiger partial charge in [-0.25, -0.2) is 9.37 Å². The smallest absolute Gasteiger partial charge is 0.254 e. The zero-order valence-corrected chi connectivity index (χ0v) is 18.1. The molecule has 4 aromatic rings. The van der Waals surface area contributed by atoms with Crippen molar-refractivity contribution < 1.29 is 9.18 Å². The number of para-hydroxylation sites is 1. The fourth-order valence-electron chi connectivity index (χ4n) is 4.09. The Morgan fingerprint density at radius 3 is 2.52 bits per heavy atom. The third-order valence-corrected chi connectivity index (χ3v) is 5.67. The largest absolute Gasteiger partial charge is 0.335 e. The lowest BCUT2D eigenvalue weighted by molar-refractivity contribution is 0.0728. The van der Waals surface area contributed by atoms with E-state index in [4.69, 9.17) is 4.98 Å². The summed E-state index contributed by atoms with van der Waals surface area (Å²) in [6.45, 7) is 3.95. The van der Waals surface area contributed by atoms with Crippen molar-refractivity contribution in [1.29, 1.82) is 0 Å². The number of rotatable bonds is 5. The third kappa shape index (κ3) is 3.93. The van der Waals surface area contributed by atoms with Crippen LogP contribution in [0.1, 0.15) is 41.0 Å². The fraction of sp³-hybridized carbons (Fsp3) is 0.240. The summed E-state index contributed by atoms with van der Waals surface area (Å²) in [4.78, 5) is 20.2. The second kappa shape index (κ2) is 8.30. The van der Waals surface area contributed by atoms with Gasteiger partial charge in [0.05, 0.1) is 28.5 Å². The number of benzene rings is 2. The minimum Gasteiger partial charge on any atom is -0.335 e. The average Bonchev–Trinajstić information content (AvgIpc) is 3.12. The number of nitrogens with zero attached hydrogens (tertiary/aromatic N) is 4. The number of aryl methyl sites for hydroxylation is 2. The van der Waals surface area contributed by atoms with Gasteiger partial charge in [0.15, 0.2) is 0 Å². The molecule has 1 unspecified atom stereocenters. The summed E-state index contributed by atoms with van der Waals surface area (Å²) >= 11 is 0. The molecule has 0 bridgehead atoms. The lowest BCUT2D eigenvalue weighted by Crippen LogP contribution is -2.31. The number of fused-ring (bicyclic) bond motifs is 1. The van der Waals surface area contributed by atoms with Crippen LogP contribution in [0.2, 0.25) is 0 Å². The summed E-state index contributed by atoms with van der Waals surface area (Å²) < 4.78 is 15.1. The van der Waals surface area contributed by atoms with E-state index in [1.54, 1.807) is 28.8 Å². The van der Waals surface area contributed by atoms with Crippen LogP contribution in [-0.2, 0) is 7.05 Å². The first-order chi connectivity index (χ1) is 14.9. The van der Waals surface area contributed by atoms with E-state index in [1.165, 1.54) is 12.1 Å². The summed E-state index contributed by atoms with van der Waals surface area (Å²) in [6, 6.07) is 15.7. The SMILES string of the molecule is CCC(c1ccc(F)cc1)N(C)C(=O)c1cc(-c2cn(C)nc2C)nc2ccccc12. The zero-order chi connectivity index (χ0) is 22.1. The first-order valence-corrected chi connectivity index (χ1v) is 10.3. The van der Waals surface area contributed by atoms with Crippen molar-refractivity contribution in [2.24, 2.45) is 7.05 Å². The van der Waals surface area contributed by atoms with Crippen molar-refractivity contribution in [2.45, 2.75) is 26.3 Å². The van der Waals surface area contributed by atoms with Crippen LogP contribution in [0, 0.1) is 12.7 Å². The first kappa shape index (κ1) is 20.7. The monoisotopic (exact) mass is 416 g/mol. The normalized spacial score (nSPS) is 12.2. The zero-order valence-electron chi connectivity index (χ0n) is 18.1. The molecule has 0 saturated heterocycles. The highest BCUT2D eigenvalue weighted by Crippen LogP contribution is 2.30. The van der Waals surface area contributed by atoms with Gasteiger partial charge in [0.2, 0.25) is 0 Å². The van der Waals surface area contributed by atoms with Crippen LogP contribution < -0.4 is 0 Å². The van der Waals surface area contributed by atoms with Crippen molar-refractivity contribution in [2.75, 3.05) is 7.05 Å². The number of aromatic nitrogens is 3. The molecule has 0 aliphatic carbocycles. The van der Waals surface area contributed by atoms with Crippen molar-refractivity contribution in [1.82, 2.24) is 19.7 Å². The fourth-order valence-corrected chi connectivity index (χ4v) is 4.09. The van der Waals surface area contributed by atoms with E-state index < -0.39 is 0 Å². The maximum absolute atomic E-state index is 13.7. The van der Waals surface area contributed by atoms with E-state index in [1.807, 2.05) is 57.4 Å². The minimum absolute atomic E-state index is 0.0995. The number of amides is 1. The van der Waals surface area contributed by atoms with Crippen molar-refractivity contribution in [3.05, 3.63) is 83.4 Å². The van der Waals surface area contributed by atoms with Gasteiger partial charge in [-0.05, 0) is 43.2 Å². The van der Waals surface area contributed by atoms with Gasteiger partial charge in [0.25, 0.3) is 5.91 Å². The summed E-state index contributed by atoms with van der Waals surface area (Å²) in [6.07, 6.45) is 2.63. The van der Waals surface area contributed by atoms with Gasteiger partial charge in [-0.15, -0.1) is 0 Å². The molecule has 6 heteroatoms. The third-order valence-electron chi connectivity index (χ3n) is 5.67. The van der Waals surface area contributed by atoms with Crippen LogP contribution in [0.25, 0.3) is 22.2 Å². The Morgan fingerprint density at radius 2 is 1.87 bits per heavy atom. The van der Waals surface area contributed by atoms with Crippen LogP contribution in [0.5, 0.6) is 0 Å². The average molecular weight is 417 g/mol. The van der Waals surface area contributed by atoms with E-state index in [0.717, 1.165) is 33.4 Å². The van der Waals surface area contributed by atoms with Crippen LogP contribution in [-0.4, -0.2) is 32.6 Å². The topological polar surface area (TPSA) is 51.0 Å². The van der Waals surface area contributed by atoms with Gasteiger partial charge >= 0.3 is 0 Å². The molecule has 0 radical (unpaired) electrons. The highest BCUT2D eigenvalue weighted by Gasteiger charge is 2.24. The summed E-state index contributed by atoms with van der Waals surface area (Å²) in [5, 5.41) is 5.22. The van der Waals surface area contributed by atoms with E-state index in [2.05, 4.69) is 5.10 Å². The minimum atomic E-state index is -0.288. The molecule has 4 rings (SSSR count). The predicted molar refractivity (Wildman–Crippen MR) is 120 cm³/mol. The molecule has 5 nitrogen and oxygen atoms in total. The maximum atomic E-state index is 13.7. The molecule has 158 valence electrons. The Morgan fingerprint density at radius 1 is 1.16 bits per heavy atom. The Labute approximate surface area is 181 Å². The van der Waals surface area contributed by atoms with E-state index in [0.29, 0.717) is 12.0 Å². The Balaban J connectivity index is 1.81. The highest BCUT2D eigenvalue weighted by atomic mass is 19.1. The molecule has 2 aromatic carbocycles. The quantitative estimate of drug-likeness (QED) is 0.443. The van der Waals surface area contributed by atoms with Crippen molar-refractivity contribution in [3.8, 4) is 11.3 Å². The molecule has 0 spiro atoms. The summed E-state index contributed by atoms with van der Waals surface area (Å²) in [5.41, 5.74) is 4.73. The molecule has 0 saturated carbocycles. The predicted octanol–water partition coefficient (Wildman–Crippen LogP) is 5.31. The van der Waals surface area contributed by atoms with Gasteiger partial charge in [-0.2, -0.15) is 5.10 Å². The van der Waals surface area contributed by atoms with Crippen LogP contribution in [0.15, 0.2) is 60.8 Å². The molecule has 2 heterocycles. The summed E-state index contributed by atoms with van der Waals surface area (Å²) in [7, 11) is 3.66. The number of halogens is 1. The Hall–Kier alpha value is -3.54. The maximum Gasteiger partial charge on any atom is 0.254 e. The second-order valence-corrected chi connectivity index (χ2v) is 7.77. The van der Waals surface area contributed by atoms with E-state index in [-0.39, 0.29) is 17.8 Å². The van der Waals surface area contributed by atoms with Gasteiger partial charge in [0, 0.05) is 31.2 Å². The van der Waals surface area contributed by atoms with E-state index >= 15 is 0 Å². The molecular formula is C25H25FN4O. The standard InChI is InChI=1S/C25H25FN4O/c1-5-24(17-10-12-18(26)13-11-17)30(4)25(31)20-14-23(21-15-29(3)28-16(21)2)27-22-9-7-6-8-19(20)22/h6-15,24H,5H2,1-4H3. The molecule has 0 aliphatic heterocycles. The van der Waals surface area contributed by atoms with Gasteiger partial charge < -0.3 is 4.90 Å². The molecule has 0 fully saturated rings. The van der Waals surface area contributed by atoms with Gasteiger partial charge in [-0.1, -0.05) is 37.3 Å². The second-order valence-electron chi connectivity index (χ2n) is 7.77. The highest BCUT2D eigenvalue weighted by molar-refractivity contribution is 6.07. The van der Waals surface area contributed by atoms with E-state index in [9.17, 15) is 9.18 Å². The summed E-state index contributed by atoms with van der Waals surface area (Å²) in [5.74, 6) is -0.387. The lowest BCUT2D eigenvalue weighted by Gasteiger charge is -2.28. The molecule has 1 atom stereocenters. The van der Waals surface area contributed by atoms with Crippen molar-refractivity contribution >= 4 is 16.8 Å². The lowest BCUT2D eigenvalue weighted by atomic mass is 10.00. The molecule has 0 aliphatic rings. The Kier molecular flexibility index (Phi) is 5.55. The number of carbonyl (C=O) groups excluding carboxylic acids is 1. The van der Waals surface area contributed by atoms with Gasteiger partial charge in [0.1, 0.15) is 5.82 Å². The van der Waals surface area contributed by atoms with Crippen molar-refractivity contribution in [3.63, 3.8) is 0 Å². The van der Waals surface area contributed by atoms with Crippen LogP contribution in [0.3, 0.4) is 0 Å². The van der Waals surface area contributed by atoms with Crippen LogP contribution >= 0.6 is 0 Å². The molecular weight excluding hydrogens is 391 g/mol. The van der Waals surface area contributed by atoms with Crippen LogP contribution in [0.4, 0.5) is 4.39 Å².